The second-order valence-corrected chi connectivity index (χ2v) is 3.50. The van der Waals surface area contributed by atoms with Crippen LogP contribution < -0.4 is 0 Å². The Morgan fingerprint density at radius 1 is 1.46 bits per heavy atom. The van der Waals surface area contributed by atoms with Crippen LogP contribution in [0.1, 0.15) is 24.5 Å². The van der Waals surface area contributed by atoms with Gasteiger partial charge in [-0.1, -0.05) is 19.1 Å². The molecule has 1 aromatic rings. The first-order valence-electron chi connectivity index (χ1n) is 4.52. The van der Waals surface area contributed by atoms with Gasteiger partial charge in [-0.15, -0.1) is 12.6 Å². The zero-order valence-corrected chi connectivity index (χ0v) is 8.68. The molecule has 0 saturated heterocycles. The van der Waals surface area contributed by atoms with E-state index in [2.05, 4.69) is 31.7 Å². The highest BCUT2D eigenvalue weighted by Crippen LogP contribution is 2.17. The first kappa shape index (κ1) is 10.3. The third-order valence-electron chi connectivity index (χ3n) is 2.08. The predicted molar refractivity (Wildman–Crippen MR) is 57.5 cm³/mol. The summed E-state index contributed by atoms with van der Waals surface area (Å²) in [4.78, 5) is 11.2. The number of aldehydes is 1. The van der Waals surface area contributed by atoms with Crippen LogP contribution in [-0.2, 0) is 17.6 Å². The Kier molecular flexibility index (Phi) is 4.03. The van der Waals surface area contributed by atoms with Gasteiger partial charge in [-0.05, 0) is 30.0 Å². The van der Waals surface area contributed by atoms with Gasteiger partial charge in [-0.25, -0.2) is 0 Å². The van der Waals surface area contributed by atoms with Crippen molar-refractivity contribution in [3.8, 4) is 0 Å². The topological polar surface area (TPSA) is 17.1 Å². The van der Waals surface area contributed by atoms with Crippen LogP contribution in [0.15, 0.2) is 23.1 Å². The molecule has 0 heterocycles. The highest BCUT2D eigenvalue weighted by Gasteiger charge is 1.98. The Labute approximate surface area is 84.6 Å². The maximum absolute atomic E-state index is 10.2. The molecule has 0 aliphatic carbocycles. The number of benzene rings is 1. The van der Waals surface area contributed by atoms with Gasteiger partial charge in [0.05, 0.1) is 0 Å². The summed E-state index contributed by atoms with van der Waals surface area (Å²) in [5, 5.41) is 0. The van der Waals surface area contributed by atoms with Gasteiger partial charge in [0, 0.05) is 11.3 Å². The molecule has 0 radical (unpaired) electrons. The molecule has 0 saturated carbocycles. The maximum atomic E-state index is 10.2. The van der Waals surface area contributed by atoms with Gasteiger partial charge in [0.15, 0.2) is 0 Å². The maximum Gasteiger partial charge on any atom is 0.120 e. The first-order valence-corrected chi connectivity index (χ1v) is 4.97. The lowest BCUT2D eigenvalue weighted by molar-refractivity contribution is -0.107. The van der Waals surface area contributed by atoms with Gasteiger partial charge in [0.2, 0.25) is 0 Å². The molecule has 70 valence electrons. The molecule has 0 aliphatic heterocycles. The molecule has 1 nitrogen and oxygen atoms in total. The quantitative estimate of drug-likeness (QED) is 0.576. The standard InChI is InChI=1S/C11H14OS/c1-2-10-6-5-9(4-3-7-12)8-11(10)13/h5-8,13H,2-4H2,1H3. The highest BCUT2D eigenvalue weighted by molar-refractivity contribution is 7.80. The Morgan fingerprint density at radius 2 is 2.23 bits per heavy atom. The van der Waals surface area contributed by atoms with E-state index in [1.54, 1.807) is 0 Å². The van der Waals surface area contributed by atoms with Crippen molar-refractivity contribution in [1.29, 1.82) is 0 Å². The number of hydrogen-bond donors (Lipinski definition) is 1. The number of hydrogen-bond acceptors (Lipinski definition) is 2. The summed E-state index contributed by atoms with van der Waals surface area (Å²) in [5.41, 5.74) is 2.45. The number of aryl methyl sites for hydroxylation is 2. The van der Waals surface area contributed by atoms with Crippen LogP contribution >= 0.6 is 12.6 Å². The smallest absolute Gasteiger partial charge is 0.120 e. The van der Waals surface area contributed by atoms with Crippen LogP contribution in [0.25, 0.3) is 0 Å². The van der Waals surface area contributed by atoms with Crippen molar-refractivity contribution in [2.75, 3.05) is 0 Å². The van der Waals surface area contributed by atoms with Gasteiger partial charge in [0.25, 0.3) is 0 Å². The number of thiol groups is 1. The summed E-state index contributed by atoms with van der Waals surface area (Å²) in [6.07, 6.45) is 3.37. The largest absolute Gasteiger partial charge is 0.303 e. The van der Waals surface area contributed by atoms with Crippen LogP contribution in [0.2, 0.25) is 0 Å². The average Bonchev–Trinajstić information content (AvgIpc) is 2.15. The van der Waals surface area contributed by atoms with Crippen molar-refractivity contribution in [2.45, 2.75) is 31.1 Å². The lowest BCUT2D eigenvalue weighted by atomic mass is 10.1. The highest BCUT2D eigenvalue weighted by atomic mass is 32.1. The summed E-state index contributed by atoms with van der Waals surface area (Å²) in [5.74, 6) is 0. The van der Waals surface area contributed by atoms with Crippen LogP contribution in [0.5, 0.6) is 0 Å². The molecule has 1 aromatic carbocycles. The van der Waals surface area contributed by atoms with Crippen molar-refractivity contribution in [1.82, 2.24) is 0 Å². The van der Waals surface area contributed by atoms with E-state index >= 15 is 0 Å². The van der Waals surface area contributed by atoms with Crippen molar-refractivity contribution in [3.05, 3.63) is 29.3 Å². The van der Waals surface area contributed by atoms with E-state index < -0.39 is 0 Å². The normalized spacial score (nSPS) is 10.0. The van der Waals surface area contributed by atoms with Gasteiger partial charge in [-0.3, -0.25) is 0 Å². The summed E-state index contributed by atoms with van der Waals surface area (Å²) >= 11 is 4.38. The fourth-order valence-electron chi connectivity index (χ4n) is 1.29. The van der Waals surface area contributed by atoms with Crippen LogP contribution in [-0.4, -0.2) is 6.29 Å². The van der Waals surface area contributed by atoms with Gasteiger partial charge < -0.3 is 4.79 Å². The zero-order valence-electron chi connectivity index (χ0n) is 7.79. The van der Waals surface area contributed by atoms with E-state index in [0.29, 0.717) is 6.42 Å². The van der Waals surface area contributed by atoms with Gasteiger partial charge in [0.1, 0.15) is 6.29 Å². The molecule has 0 aliphatic rings. The monoisotopic (exact) mass is 194 g/mol. The van der Waals surface area contributed by atoms with E-state index in [0.717, 1.165) is 24.0 Å². The molecular weight excluding hydrogens is 180 g/mol. The van der Waals surface area contributed by atoms with Crippen LogP contribution in [0.4, 0.5) is 0 Å². The minimum atomic E-state index is 0.596. The van der Waals surface area contributed by atoms with Gasteiger partial charge in [-0.2, -0.15) is 0 Å². The molecule has 0 fully saturated rings. The lowest BCUT2D eigenvalue weighted by Gasteiger charge is -2.04. The Morgan fingerprint density at radius 3 is 2.77 bits per heavy atom. The number of rotatable bonds is 4. The lowest BCUT2D eigenvalue weighted by Crippen LogP contribution is -1.89. The van der Waals surface area contributed by atoms with Crippen molar-refractivity contribution in [2.24, 2.45) is 0 Å². The first-order chi connectivity index (χ1) is 6.27. The Bertz CT molecular complexity index is 294. The summed E-state index contributed by atoms with van der Waals surface area (Å²) in [6.45, 7) is 2.11. The minimum absolute atomic E-state index is 0.596. The summed E-state index contributed by atoms with van der Waals surface area (Å²) in [7, 11) is 0. The third-order valence-corrected chi connectivity index (χ3v) is 2.50. The molecule has 13 heavy (non-hydrogen) atoms. The van der Waals surface area contributed by atoms with Gasteiger partial charge >= 0.3 is 0 Å². The Hall–Kier alpha value is -0.760. The minimum Gasteiger partial charge on any atom is -0.303 e. The zero-order chi connectivity index (χ0) is 9.68. The van der Waals surface area contributed by atoms with Crippen LogP contribution in [0, 0.1) is 0 Å². The molecule has 2 heteroatoms. The van der Waals surface area contributed by atoms with Crippen molar-refractivity contribution >= 4 is 18.9 Å². The molecule has 0 amide bonds. The second-order valence-electron chi connectivity index (χ2n) is 3.02. The molecule has 0 N–H and O–H groups in total. The van der Waals surface area contributed by atoms with Crippen LogP contribution in [0.3, 0.4) is 0 Å². The van der Waals surface area contributed by atoms with E-state index in [9.17, 15) is 4.79 Å². The average molecular weight is 194 g/mol. The Balaban J connectivity index is 2.76. The number of carbonyl (C=O) groups excluding carboxylic acids is 1. The van der Waals surface area contributed by atoms with E-state index in [4.69, 9.17) is 0 Å². The molecule has 0 unspecified atom stereocenters. The molecule has 0 bridgehead atoms. The summed E-state index contributed by atoms with van der Waals surface area (Å²) in [6, 6.07) is 6.20. The molecular formula is C11H14OS. The van der Waals surface area contributed by atoms with E-state index in [1.807, 2.05) is 6.07 Å². The molecule has 0 spiro atoms. The fourth-order valence-corrected chi connectivity index (χ4v) is 1.69. The summed E-state index contributed by atoms with van der Waals surface area (Å²) < 4.78 is 0. The van der Waals surface area contributed by atoms with E-state index in [1.165, 1.54) is 11.1 Å². The SMILES string of the molecule is CCc1ccc(CCC=O)cc1S. The predicted octanol–water partition coefficient (Wildman–Crippen LogP) is 2.67. The third kappa shape index (κ3) is 2.88. The number of carbonyl (C=O) groups is 1. The second kappa shape index (κ2) is 5.07. The van der Waals surface area contributed by atoms with E-state index in [-0.39, 0.29) is 0 Å². The van der Waals surface area contributed by atoms with Crippen molar-refractivity contribution in [3.63, 3.8) is 0 Å². The molecule has 0 atom stereocenters. The molecule has 1 rings (SSSR count). The van der Waals surface area contributed by atoms with Crippen molar-refractivity contribution < 1.29 is 4.79 Å². The molecule has 0 aromatic heterocycles. The fraction of sp³-hybridized carbons (Fsp3) is 0.364.